The normalized spacial score (nSPS) is 13.8. The van der Waals surface area contributed by atoms with E-state index in [-0.39, 0.29) is 24.2 Å². The number of nitrogens with two attached hydrogens (primary N) is 1. The molecule has 1 rings (SSSR count). The maximum absolute atomic E-state index is 13.4. The molecule has 276 valence electrons. The maximum atomic E-state index is 13.4. The molecule has 0 bridgehead atoms. The molecule has 5 atom stereocenters. The van der Waals surface area contributed by atoms with Gasteiger partial charge >= 0.3 is 5.97 Å². The number of nitro benzene ring substituents is 1. The van der Waals surface area contributed by atoms with Crippen molar-refractivity contribution in [1.82, 2.24) is 26.6 Å². The highest BCUT2D eigenvalue weighted by molar-refractivity contribution is 5.99. The number of non-ortho nitro benzene ring substituents is 1. The lowest BCUT2D eigenvalue weighted by molar-refractivity contribution is -0.384. The van der Waals surface area contributed by atoms with Crippen molar-refractivity contribution >= 4 is 58.7 Å². The topological polar surface area (TPSA) is 298 Å². The van der Waals surface area contributed by atoms with E-state index in [0.717, 1.165) is 0 Å². The van der Waals surface area contributed by atoms with Gasteiger partial charge in [-0.2, -0.15) is 0 Å². The number of rotatable bonds is 20. The zero-order valence-corrected chi connectivity index (χ0v) is 28.7. The summed E-state index contributed by atoms with van der Waals surface area (Å²) in [6.45, 7) is 9.26. The first-order valence-corrected chi connectivity index (χ1v) is 15.8. The second-order valence-corrected chi connectivity index (χ2v) is 12.2. The van der Waals surface area contributed by atoms with Gasteiger partial charge in [-0.15, -0.1) is 0 Å². The van der Waals surface area contributed by atoms with Crippen LogP contribution in [0.2, 0.25) is 0 Å². The minimum atomic E-state index is -1.32. The lowest BCUT2D eigenvalue weighted by Gasteiger charge is -2.29. The first-order valence-electron chi connectivity index (χ1n) is 15.8. The molecule has 0 heterocycles. The summed E-state index contributed by atoms with van der Waals surface area (Å²) in [6.07, 6.45) is -1.44. The highest BCUT2D eigenvalue weighted by atomic mass is 16.6. The van der Waals surface area contributed by atoms with Crippen molar-refractivity contribution in [3.8, 4) is 0 Å². The van der Waals surface area contributed by atoms with Gasteiger partial charge in [0.1, 0.15) is 30.2 Å². The largest absolute Gasteiger partial charge is 0.481 e. The van der Waals surface area contributed by atoms with Crippen LogP contribution in [0.5, 0.6) is 0 Å². The van der Waals surface area contributed by atoms with Gasteiger partial charge in [0.2, 0.25) is 41.4 Å². The van der Waals surface area contributed by atoms with Crippen LogP contribution in [-0.2, 0) is 38.4 Å². The molecule has 1 aromatic carbocycles. The molecule has 0 aliphatic heterocycles. The number of carboxylic acids is 1. The van der Waals surface area contributed by atoms with E-state index in [1.54, 1.807) is 27.7 Å². The molecule has 9 N–H and O–H groups in total. The zero-order valence-electron chi connectivity index (χ0n) is 28.7. The molecular formula is C31H46N8O11. The lowest BCUT2D eigenvalue weighted by Crippen LogP contribution is -2.60. The van der Waals surface area contributed by atoms with E-state index in [1.165, 1.54) is 38.1 Å². The van der Waals surface area contributed by atoms with Gasteiger partial charge in [-0.3, -0.25) is 48.5 Å². The van der Waals surface area contributed by atoms with Crippen LogP contribution in [0.3, 0.4) is 0 Å². The van der Waals surface area contributed by atoms with Crippen molar-refractivity contribution in [3.63, 3.8) is 0 Å². The van der Waals surface area contributed by atoms with E-state index >= 15 is 0 Å². The molecule has 1 aromatic rings. The molecule has 0 aliphatic carbocycles. The van der Waals surface area contributed by atoms with E-state index in [0.29, 0.717) is 0 Å². The van der Waals surface area contributed by atoms with Crippen LogP contribution < -0.4 is 37.6 Å². The van der Waals surface area contributed by atoms with Crippen LogP contribution in [0.4, 0.5) is 11.4 Å². The number of nitro groups is 1. The third-order valence-electron chi connectivity index (χ3n) is 7.24. The Morgan fingerprint density at radius 3 is 1.64 bits per heavy atom. The first kappa shape index (κ1) is 42.4. The summed E-state index contributed by atoms with van der Waals surface area (Å²) in [5.74, 6) is -7.47. The Kier molecular flexibility index (Phi) is 17.0. The van der Waals surface area contributed by atoms with Gasteiger partial charge in [0.25, 0.3) is 5.69 Å². The number of amides is 7. The predicted molar refractivity (Wildman–Crippen MR) is 178 cm³/mol. The number of aliphatic carboxylic acids is 1. The van der Waals surface area contributed by atoms with Crippen LogP contribution in [-0.4, -0.2) is 87.6 Å². The van der Waals surface area contributed by atoms with Gasteiger partial charge in [-0.25, -0.2) is 0 Å². The quantitative estimate of drug-likeness (QED) is 0.0628. The summed E-state index contributed by atoms with van der Waals surface area (Å²) >= 11 is 0. The summed E-state index contributed by atoms with van der Waals surface area (Å²) in [4.78, 5) is 110. The van der Waals surface area contributed by atoms with Crippen molar-refractivity contribution in [2.24, 2.45) is 17.6 Å². The van der Waals surface area contributed by atoms with Crippen LogP contribution in [0.15, 0.2) is 24.3 Å². The SMILES string of the molecule is CC(C)[C@H](NC(=O)[C@H](NC(=O)[C@H](CCC(N)=O)NC(=O)CCC(=O)O)C(C)C)C(=O)N[C@@H](C)C(=O)N[C@@H](C)C(=O)Nc1ccc([N+](=O)[O-])cc1. The highest BCUT2D eigenvalue weighted by Gasteiger charge is 2.33. The van der Waals surface area contributed by atoms with Crippen molar-refractivity contribution in [3.05, 3.63) is 34.4 Å². The molecule has 0 saturated carbocycles. The number of anilines is 1. The van der Waals surface area contributed by atoms with E-state index in [9.17, 15) is 48.5 Å². The minimum Gasteiger partial charge on any atom is -0.481 e. The molecule has 0 saturated heterocycles. The van der Waals surface area contributed by atoms with E-state index in [2.05, 4.69) is 31.9 Å². The van der Waals surface area contributed by atoms with Crippen molar-refractivity contribution < 1.29 is 48.4 Å². The molecular weight excluding hydrogens is 660 g/mol. The summed E-state index contributed by atoms with van der Waals surface area (Å²) in [6, 6.07) is -0.891. The fourth-order valence-corrected chi connectivity index (χ4v) is 4.30. The molecule has 0 fully saturated rings. The number of carboxylic acid groups (broad SMARTS) is 1. The number of hydrogen-bond acceptors (Lipinski definition) is 10. The van der Waals surface area contributed by atoms with Gasteiger partial charge in [0.15, 0.2) is 0 Å². The Hall–Kier alpha value is -5.62. The predicted octanol–water partition coefficient (Wildman–Crippen LogP) is -0.561. The monoisotopic (exact) mass is 706 g/mol. The van der Waals surface area contributed by atoms with Crippen LogP contribution >= 0.6 is 0 Å². The minimum absolute atomic E-state index is 0.170. The molecule has 0 spiro atoms. The average molecular weight is 707 g/mol. The smallest absolute Gasteiger partial charge is 0.303 e. The number of nitrogens with zero attached hydrogens (tertiary/aromatic N) is 1. The molecule has 0 radical (unpaired) electrons. The van der Waals surface area contributed by atoms with Gasteiger partial charge in [0.05, 0.1) is 11.3 Å². The number of primary amides is 1. The van der Waals surface area contributed by atoms with Crippen LogP contribution in [0.25, 0.3) is 0 Å². The second-order valence-electron chi connectivity index (χ2n) is 12.2. The average Bonchev–Trinajstić information content (AvgIpc) is 3.02. The summed E-state index contributed by atoms with van der Waals surface area (Å²) < 4.78 is 0. The fraction of sp³-hybridized carbons (Fsp3) is 0.548. The summed E-state index contributed by atoms with van der Waals surface area (Å²) in [5, 5.41) is 34.6. The summed E-state index contributed by atoms with van der Waals surface area (Å²) in [7, 11) is 0. The van der Waals surface area contributed by atoms with Gasteiger partial charge < -0.3 is 42.7 Å². The third-order valence-corrected chi connectivity index (χ3v) is 7.24. The first-order chi connectivity index (χ1) is 23.2. The lowest BCUT2D eigenvalue weighted by atomic mass is 9.98. The number of nitrogens with one attached hydrogen (secondary N) is 6. The Bertz CT molecular complexity index is 1430. The molecule has 50 heavy (non-hydrogen) atoms. The number of carbonyl (C=O) groups is 8. The highest BCUT2D eigenvalue weighted by Crippen LogP contribution is 2.15. The van der Waals surface area contributed by atoms with Crippen molar-refractivity contribution in [2.45, 2.75) is 97.4 Å². The van der Waals surface area contributed by atoms with Gasteiger partial charge in [-0.1, -0.05) is 27.7 Å². The van der Waals surface area contributed by atoms with Crippen LogP contribution in [0.1, 0.15) is 67.2 Å². The molecule has 0 aliphatic rings. The molecule has 7 amide bonds. The Morgan fingerprint density at radius 1 is 0.680 bits per heavy atom. The number of carbonyl (C=O) groups excluding carboxylic acids is 7. The fourth-order valence-electron chi connectivity index (χ4n) is 4.30. The summed E-state index contributed by atoms with van der Waals surface area (Å²) in [5.41, 5.74) is 5.28. The Balaban J connectivity index is 2.91. The van der Waals surface area contributed by atoms with Gasteiger partial charge in [0, 0.05) is 30.7 Å². The zero-order chi connectivity index (χ0) is 38.3. The van der Waals surface area contributed by atoms with Crippen LogP contribution in [0, 0.1) is 22.0 Å². The maximum Gasteiger partial charge on any atom is 0.303 e. The molecule has 19 nitrogen and oxygen atoms in total. The van der Waals surface area contributed by atoms with Crippen molar-refractivity contribution in [2.75, 3.05) is 5.32 Å². The Labute approximate surface area is 288 Å². The van der Waals surface area contributed by atoms with E-state index < -0.39 is 107 Å². The van der Waals surface area contributed by atoms with Gasteiger partial charge in [-0.05, 0) is 44.2 Å². The standard InChI is InChI=1S/C31H46N8O11/c1-15(2)25(30(47)34-17(5)27(44)33-18(6)28(45)35-19-7-9-20(10-8-19)39(49)50)38-31(48)26(16(3)4)37-29(46)21(11-12-22(32)40)36-23(41)13-14-24(42)43/h7-10,15-18,21,25-26H,11-14H2,1-6H3,(H2,32,40)(H,33,44)(H,34,47)(H,35,45)(H,36,41)(H,37,46)(H,38,48)(H,42,43)/t17-,18-,21-,25-,26+/m0/s1. The third kappa shape index (κ3) is 14.7. The van der Waals surface area contributed by atoms with Crippen molar-refractivity contribution in [1.29, 1.82) is 0 Å². The molecule has 0 unspecified atom stereocenters. The molecule has 19 heteroatoms. The second kappa shape index (κ2) is 20.0. The van der Waals surface area contributed by atoms with E-state index in [1.807, 2.05) is 0 Å². The molecule has 0 aromatic heterocycles. The van der Waals surface area contributed by atoms with E-state index in [4.69, 9.17) is 10.8 Å². The number of benzene rings is 1. The Morgan fingerprint density at radius 2 is 1.16 bits per heavy atom. The number of hydrogen-bond donors (Lipinski definition) is 8.